The lowest BCUT2D eigenvalue weighted by atomic mass is 10.1. The highest BCUT2D eigenvalue weighted by molar-refractivity contribution is 7.17. The van der Waals surface area contributed by atoms with Gasteiger partial charge in [0, 0.05) is 10.4 Å². The molecule has 1 N–H and O–H groups in total. The Hall–Kier alpha value is -2.51. The van der Waals surface area contributed by atoms with Crippen LogP contribution < -0.4 is 5.32 Å². The average molecular weight is 415 g/mol. The molecule has 7 heteroatoms. The second kappa shape index (κ2) is 9.12. The Kier molecular flexibility index (Phi) is 6.59. The van der Waals surface area contributed by atoms with E-state index in [-0.39, 0.29) is 18.6 Å². The minimum atomic E-state index is -0.523. The number of carbonyl (C=O) groups excluding carboxylic acids is 2. The molecule has 0 bridgehead atoms. The van der Waals surface area contributed by atoms with Crippen molar-refractivity contribution in [3.63, 3.8) is 0 Å². The lowest BCUT2D eigenvalue weighted by Gasteiger charge is -2.12. The van der Waals surface area contributed by atoms with Crippen molar-refractivity contribution in [2.75, 3.05) is 6.61 Å². The van der Waals surface area contributed by atoms with E-state index in [9.17, 15) is 9.59 Å². The smallest absolute Gasteiger partial charge is 0.350 e. The van der Waals surface area contributed by atoms with Crippen molar-refractivity contribution >= 4 is 34.6 Å². The van der Waals surface area contributed by atoms with E-state index in [4.69, 9.17) is 4.74 Å². The number of amides is 1. The molecule has 1 aromatic carbocycles. The van der Waals surface area contributed by atoms with Gasteiger partial charge in [0.1, 0.15) is 9.88 Å². The molecule has 3 aromatic rings. The summed E-state index contributed by atoms with van der Waals surface area (Å²) in [6.07, 6.45) is 0.974. The lowest BCUT2D eigenvalue weighted by Crippen LogP contribution is -2.30. The van der Waals surface area contributed by atoms with Gasteiger partial charge in [0.15, 0.2) is 6.61 Å². The van der Waals surface area contributed by atoms with E-state index in [2.05, 4.69) is 29.4 Å². The molecule has 0 unspecified atom stereocenters. The quantitative estimate of drug-likeness (QED) is 0.565. The molecule has 0 aliphatic carbocycles. The molecule has 2 heterocycles. The highest BCUT2D eigenvalue weighted by atomic mass is 32.1. The first-order valence-corrected chi connectivity index (χ1v) is 10.7. The summed E-state index contributed by atoms with van der Waals surface area (Å²) in [5, 5.41) is 5.55. The second-order valence-electron chi connectivity index (χ2n) is 6.36. The van der Waals surface area contributed by atoms with Crippen molar-refractivity contribution in [2.24, 2.45) is 0 Å². The molecule has 0 aliphatic heterocycles. The molecule has 2 aromatic heterocycles. The number of ether oxygens (including phenoxy) is 1. The maximum atomic E-state index is 12.4. The number of nitrogens with one attached hydrogen (secondary N) is 1. The fourth-order valence-electron chi connectivity index (χ4n) is 2.68. The summed E-state index contributed by atoms with van der Waals surface area (Å²) >= 11 is 2.85. The zero-order valence-corrected chi connectivity index (χ0v) is 17.7. The van der Waals surface area contributed by atoms with Gasteiger partial charge in [-0.1, -0.05) is 37.3 Å². The minimum Gasteiger partial charge on any atom is -0.451 e. The van der Waals surface area contributed by atoms with Crippen LogP contribution in [-0.2, 0) is 16.0 Å². The molecule has 0 saturated carbocycles. The van der Waals surface area contributed by atoms with Gasteiger partial charge in [0.05, 0.1) is 11.7 Å². The molecular formula is C21H22N2O3S2. The molecular weight excluding hydrogens is 392 g/mol. The fourth-order valence-corrected chi connectivity index (χ4v) is 4.38. The van der Waals surface area contributed by atoms with Crippen LogP contribution >= 0.6 is 22.7 Å². The number of hydrogen-bond donors (Lipinski definition) is 1. The topological polar surface area (TPSA) is 68.3 Å². The molecule has 5 nitrogen and oxygen atoms in total. The van der Waals surface area contributed by atoms with E-state index >= 15 is 0 Å². The molecule has 146 valence electrons. The third kappa shape index (κ3) is 4.85. The maximum absolute atomic E-state index is 12.4. The normalized spacial score (nSPS) is 11.8. The fraction of sp³-hybridized carbons (Fsp3) is 0.286. The third-order valence-electron chi connectivity index (χ3n) is 4.27. The lowest BCUT2D eigenvalue weighted by molar-refractivity contribution is -0.124. The molecule has 0 fully saturated rings. The van der Waals surface area contributed by atoms with Crippen LogP contribution in [0.4, 0.5) is 0 Å². The summed E-state index contributed by atoms with van der Waals surface area (Å²) in [7, 11) is 0. The Morgan fingerprint density at radius 1 is 1.21 bits per heavy atom. The highest BCUT2D eigenvalue weighted by Gasteiger charge is 2.19. The zero-order chi connectivity index (χ0) is 20.1. The van der Waals surface area contributed by atoms with E-state index in [0.29, 0.717) is 10.6 Å². The van der Waals surface area contributed by atoms with Crippen molar-refractivity contribution in [3.8, 4) is 10.6 Å². The van der Waals surface area contributed by atoms with E-state index < -0.39 is 5.97 Å². The van der Waals surface area contributed by atoms with Crippen LogP contribution in [0, 0.1) is 6.92 Å². The molecule has 1 amide bonds. The predicted octanol–water partition coefficient (Wildman–Crippen LogP) is 4.78. The molecule has 0 spiro atoms. The number of benzene rings is 1. The van der Waals surface area contributed by atoms with E-state index in [1.807, 2.05) is 36.6 Å². The minimum absolute atomic E-state index is 0.117. The zero-order valence-electron chi connectivity index (χ0n) is 16.0. The Labute approximate surface area is 172 Å². The first kappa shape index (κ1) is 20.2. The molecule has 3 rings (SSSR count). The number of hydrogen-bond acceptors (Lipinski definition) is 6. The van der Waals surface area contributed by atoms with Crippen molar-refractivity contribution in [1.29, 1.82) is 0 Å². The standard InChI is InChI=1S/C21H22N2O3S2/c1-4-15-7-9-16(10-8-15)20-23-14(3)19(28-20)21(25)26-12-18(24)22-13(2)17-6-5-11-27-17/h5-11,13H,4,12H2,1-3H3,(H,22,24)/t13-/m0/s1. The number of carbonyl (C=O) groups is 2. The molecule has 1 atom stereocenters. The number of nitrogens with zero attached hydrogens (tertiary/aromatic N) is 1. The molecule has 0 radical (unpaired) electrons. The summed E-state index contributed by atoms with van der Waals surface area (Å²) in [6.45, 7) is 5.46. The summed E-state index contributed by atoms with van der Waals surface area (Å²) in [5.74, 6) is -0.850. The largest absolute Gasteiger partial charge is 0.451 e. The first-order valence-electron chi connectivity index (χ1n) is 9.04. The van der Waals surface area contributed by atoms with Gasteiger partial charge < -0.3 is 10.1 Å². The van der Waals surface area contributed by atoms with E-state index in [0.717, 1.165) is 21.9 Å². The van der Waals surface area contributed by atoms with Crippen LogP contribution in [0.5, 0.6) is 0 Å². The van der Waals surface area contributed by atoms with E-state index in [1.54, 1.807) is 18.3 Å². The summed E-state index contributed by atoms with van der Waals surface area (Å²) in [6, 6.07) is 11.9. The van der Waals surface area contributed by atoms with Crippen LogP contribution in [-0.4, -0.2) is 23.5 Å². The Balaban J connectivity index is 1.59. The van der Waals surface area contributed by atoms with Crippen LogP contribution in [0.1, 0.15) is 45.7 Å². The third-order valence-corrected chi connectivity index (χ3v) is 6.51. The van der Waals surface area contributed by atoms with Crippen molar-refractivity contribution in [3.05, 3.63) is 62.8 Å². The number of aromatic nitrogens is 1. The van der Waals surface area contributed by atoms with Gasteiger partial charge >= 0.3 is 5.97 Å². The maximum Gasteiger partial charge on any atom is 0.350 e. The van der Waals surface area contributed by atoms with Crippen LogP contribution in [0.3, 0.4) is 0 Å². The SMILES string of the molecule is CCc1ccc(-c2nc(C)c(C(=O)OCC(=O)N[C@@H](C)c3cccs3)s2)cc1. The van der Waals surface area contributed by atoms with Crippen molar-refractivity contribution in [2.45, 2.75) is 33.2 Å². The van der Waals surface area contributed by atoms with Gasteiger partial charge in [-0.3, -0.25) is 4.79 Å². The Bertz CT molecular complexity index is 947. The molecule has 0 saturated heterocycles. The van der Waals surface area contributed by atoms with Crippen LogP contribution in [0.25, 0.3) is 10.6 Å². The van der Waals surface area contributed by atoms with Gasteiger partial charge in [0.2, 0.25) is 0 Å². The number of aryl methyl sites for hydroxylation is 2. The monoisotopic (exact) mass is 414 g/mol. The van der Waals surface area contributed by atoms with Gasteiger partial charge in [-0.15, -0.1) is 22.7 Å². The van der Waals surface area contributed by atoms with Crippen LogP contribution in [0.15, 0.2) is 41.8 Å². The van der Waals surface area contributed by atoms with Crippen molar-refractivity contribution < 1.29 is 14.3 Å². The average Bonchev–Trinajstić information content (AvgIpc) is 3.36. The van der Waals surface area contributed by atoms with Gasteiger partial charge in [0.25, 0.3) is 5.91 Å². The highest BCUT2D eigenvalue weighted by Crippen LogP contribution is 2.28. The predicted molar refractivity (Wildman–Crippen MR) is 113 cm³/mol. The summed E-state index contributed by atoms with van der Waals surface area (Å²) < 4.78 is 5.20. The van der Waals surface area contributed by atoms with Gasteiger partial charge in [-0.2, -0.15) is 0 Å². The molecule has 28 heavy (non-hydrogen) atoms. The number of rotatable bonds is 7. The van der Waals surface area contributed by atoms with Crippen molar-refractivity contribution in [1.82, 2.24) is 10.3 Å². The first-order chi connectivity index (χ1) is 13.5. The number of thiazole rings is 1. The Morgan fingerprint density at radius 3 is 2.61 bits per heavy atom. The molecule has 0 aliphatic rings. The summed E-state index contributed by atoms with van der Waals surface area (Å²) in [5.41, 5.74) is 2.82. The number of thiophene rings is 1. The van der Waals surface area contributed by atoms with Crippen LogP contribution in [0.2, 0.25) is 0 Å². The Morgan fingerprint density at radius 2 is 1.96 bits per heavy atom. The summed E-state index contributed by atoms with van der Waals surface area (Å²) in [4.78, 5) is 30.4. The van der Waals surface area contributed by atoms with Gasteiger partial charge in [-0.25, -0.2) is 9.78 Å². The van der Waals surface area contributed by atoms with Gasteiger partial charge in [-0.05, 0) is 37.3 Å². The van der Waals surface area contributed by atoms with E-state index in [1.165, 1.54) is 16.9 Å². The second-order valence-corrected chi connectivity index (χ2v) is 8.34. The number of esters is 1.